The van der Waals surface area contributed by atoms with Crippen LogP contribution < -0.4 is 26.6 Å². The average Bonchev–Trinajstić information content (AvgIpc) is 2.94. The van der Waals surface area contributed by atoms with Crippen molar-refractivity contribution in [2.75, 3.05) is 46.4 Å². The number of amides is 5. The van der Waals surface area contributed by atoms with Gasteiger partial charge in [0.2, 0.25) is 0 Å². The van der Waals surface area contributed by atoms with Crippen LogP contribution in [0.25, 0.3) is 0 Å². The predicted octanol–water partition coefficient (Wildman–Crippen LogP) is 5.32. The molecule has 0 radical (unpaired) electrons. The van der Waals surface area contributed by atoms with Crippen LogP contribution in [0.15, 0.2) is 0 Å². The monoisotopic (exact) mass is 689 g/mol. The maximum absolute atomic E-state index is 12.3. The molecule has 0 aromatic heterocycles. The lowest BCUT2D eigenvalue weighted by Crippen LogP contribution is -2.38. The number of nitrogens with one attached hydrogen (secondary N) is 5. The molecule has 280 valence electrons. The predicted molar refractivity (Wildman–Crippen MR) is 182 cm³/mol. The molecule has 15 heteroatoms. The van der Waals surface area contributed by atoms with Crippen LogP contribution in [-0.4, -0.2) is 95.2 Å². The fourth-order valence-electron chi connectivity index (χ4n) is 5.03. The van der Waals surface area contributed by atoms with Gasteiger partial charge in [-0.15, -0.1) is 0 Å². The van der Waals surface area contributed by atoms with E-state index in [1.165, 1.54) is 7.05 Å². The van der Waals surface area contributed by atoms with E-state index in [2.05, 4.69) is 54.3 Å². The van der Waals surface area contributed by atoms with E-state index in [0.29, 0.717) is 39.0 Å². The molecule has 0 aliphatic heterocycles. The number of hydrogen-bond acceptors (Lipinski definition) is 10. The lowest BCUT2D eigenvalue weighted by Gasteiger charge is -2.28. The quantitative estimate of drug-likeness (QED) is 0.0986. The Labute approximate surface area is 287 Å². The second kappa shape index (κ2) is 22.8. The highest BCUT2D eigenvalue weighted by molar-refractivity contribution is 5.69. The molecule has 0 saturated carbocycles. The zero-order valence-electron chi connectivity index (χ0n) is 31.0. The first kappa shape index (κ1) is 44.4. The van der Waals surface area contributed by atoms with Crippen molar-refractivity contribution in [1.82, 2.24) is 26.6 Å². The third kappa shape index (κ3) is 24.5. The van der Waals surface area contributed by atoms with E-state index in [1.807, 2.05) is 13.8 Å². The fraction of sp³-hybridized carbons (Fsp3) is 0.848. The third-order valence-electron chi connectivity index (χ3n) is 7.10. The maximum Gasteiger partial charge on any atom is 0.407 e. The number of carbonyl (C=O) groups is 5. The summed E-state index contributed by atoms with van der Waals surface area (Å²) in [5, 5.41) is 13.2. The molecule has 15 nitrogen and oxygen atoms in total. The van der Waals surface area contributed by atoms with E-state index < -0.39 is 36.6 Å². The number of alkyl carbamates (subject to hydrolysis) is 5. The van der Waals surface area contributed by atoms with Gasteiger partial charge in [-0.3, -0.25) is 0 Å². The fourth-order valence-corrected chi connectivity index (χ4v) is 5.03. The van der Waals surface area contributed by atoms with Gasteiger partial charge in [-0.2, -0.15) is 0 Å². The van der Waals surface area contributed by atoms with Gasteiger partial charge in [-0.05, 0) is 76.0 Å². The number of rotatable bonds is 21. The van der Waals surface area contributed by atoms with Gasteiger partial charge < -0.3 is 50.3 Å². The number of hydrogen-bond donors (Lipinski definition) is 5. The van der Waals surface area contributed by atoms with Crippen molar-refractivity contribution in [3.63, 3.8) is 0 Å². The van der Waals surface area contributed by atoms with Crippen molar-refractivity contribution >= 4 is 30.5 Å². The van der Waals surface area contributed by atoms with Crippen LogP contribution in [0.2, 0.25) is 0 Å². The second-order valence-corrected chi connectivity index (χ2v) is 14.4. The van der Waals surface area contributed by atoms with Gasteiger partial charge in [0.25, 0.3) is 0 Å². The molecular weight excluding hydrogens is 626 g/mol. The lowest BCUT2D eigenvalue weighted by atomic mass is 9.80. The molecule has 48 heavy (non-hydrogen) atoms. The SMILES string of the molecule is CNC(=O)OC(COC(=O)NCCC(C)(C)CC(C)CNC(=O)OC(C)C)COC(=O)NCCC(C)(C)CC(C)CNC(=O)OC(C)C. The van der Waals surface area contributed by atoms with Gasteiger partial charge in [0.05, 0.1) is 12.2 Å². The van der Waals surface area contributed by atoms with Gasteiger partial charge >= 0.3 is 30.5 Å². The third-order valence-corrected chi connectivity index (χ3v) is 7.10. The van der Waals surface area contributed by atoms with Gasteiger partial charge in [0, 0.05) is 33.2 Å². The summed E-state index contributed by atoms with van der Waals surface area (Å²) >= 11 is 0. The zero-order chi connectivity index (χ0) is 36.9. The molecule has 2 unspecified atom stereocenters. The van der Waals surface area contributed by atoms with Gasteiger partial charge in [-0.25, -0.2) is 24.0 Å². The minimum atomic E-state index is -1.03. The van der Waals surface area contributed by atoms with E-state index in [-0.39, 0.29) is 48.1 Å². The van der Waals surface area contributed by atoms with Crippen molar-refractivity contribution in [3.8, 4) is 0 Å². The van der Waals surface area contributed by atoms with E-state index in [0.717, 1.165) is 12.8 Å². The molecule has 0 rings (SSSR count). The molecule has 0 aliphatic rings. The van der Waals surface area contributed by atoms with Crippen LogP contribution in [0.1, 0.15) is 94.9 Å². The first-order valence-corrected chi connectivity index (χ1v) is 16.8. The highest BCUT2D eigenvalue weighted by Gasteiger charge is 2.24. The summed E-state index contributed by atoms with van der Waals surface area (Å²) in [6, 6.07) is 0. The van der Waals surface area contributed by atoms with E-state index in [9.17, 15) is 24.0 Å². The summed E-state index contributed by atoms with van der Waals surface area (Å²) in [7, 11) is 1.38. The second-order valence-electron chi connectivity index (χ2n) is 14.4. The van der Waals surface area contributed by atoms with Crippen molar-refractivity contribution in [1.29, 1.82) is 0 Å². The standard InChI is InChI=1S/C33H63N5O10/c1-22(2)46-30(42)37-18-24(5)16-32(7,8)12-14-35-28(40)44-20-26(48-27(39)34-11)21-45-29(41)36-15-13-33(9,10)17-25(6)19-38-31(43)47-23(3)4/h22-26H,12-21H2,1-11H3,(H,34,39)(H,35,40)(H,36,41)(H,37,42)(H,38,43). The molecule has 0 heterocycles. The minimum absolute atomic E-state index is 0.129. The molecule has 0 saturated heterocycles. The van der Waals surface area contributed by atoms with Gasteiger partial charge in [0.15, 0.2) is 6.10 Å². The van der Waals surface area contributed by atoms with E-state index in [4.69, 9.17) is 23.7 Å². The smallest absolute Gasteiger partial charge is 0.407 e. The summed E-state index contributed by atoms with van der Waals surface area (Å²) in [6.45, 7) is 20.5. The Kier molecular flexibility index (Phi) is 21.1. The highest BCUT2D eigenvalue weighted by Crippen LogP contribution is 2.29. The molecule has 5 amide bonds. The minimum Gasteiger partial charge on any atom is -0.447 e. The Morgan fingerprint density at radius 1 is 0.542 bits per heavy atom. The Morgan fingerprint density at radius 2 is 0.917 bits per heavy atom. The molecule has 2 atom stereocenters. The zero-order valence-corrected chi connectivity index (χ0v) is 31.0. The number of carbonyl (C=O) groups excluding carboxylic acids is 5. The van der Waals surface area contributed by atoms with Crippen LogP contribution >= 0.6 is 0 Å². The van der Waals surface area contributed by atoms with E-state index in [1.54, 1.807) is 27.7 Å². The molecule has 0 aliphatic carbocycles. The Morgan fingerprint density at radius 3 is 1.25 bits per heavy atom. The molecule has 0 aromatic rings. The molecule has 0 aromatic carbocycles. The van der Waals surface area contributed by atoms with Crippen molar-refractivity contribution in [3.05, 3.63) is 0 Å². The normalized spacial score (nSPS) is 13.4. The summed E-state index contributed by atoms with van der Waals surface area (Å²) < 4.78 is 25.8. The van der Waals surface area contributed by atoms with Gasteiger partial charge in [-0.1, -0.05) is 41.5 Å². The number of ether oxygens (including phenoxy) is 5. The maximum atomic E-state index is 12.3. The van der Waals surface area contributed by atoms with Crippen LogP contribution in [0.4, 0.5) is 24.0 Å². The molecule has 0 fully saturated rings. The van der Waals surface area contributed by atoms with Gasteiger partial charge in [0.1, 0.15) is 13.2 Å². The first-order valence-electron chi connectivity index (χ1n) is 16.8. The van der Waals surface area contributed by atoms with Crippen LogP contribution in [0, 0.1) is 22.7 Å². The van der Waals surface area contributed by atoms with Crippen molar-refractivity contribution in [2.24, 2.45) is 22.7 Å². The topological polar surface area (TPSA) is 192 Å². The Hall–Kier alpha value is -3.65. The Balaban J connectivity index is 4.56. The Bertz CT molecular complexity index is 922. The molecular formula is C33H63N5O10. The largest absolute Gasteiger partial charge is 0.447 e. The highest BCUT2D eigenvalue weighted by atomic mass is 16.6. The first-order chi connectivity index (χ1) is 22.2. The molecule has 0 bridgehead atoms. The van der Waals surface area contributed by atoms with Crippen LogP contribution in [0.3, 0.4) is 0 Å². The van der Waals surface area contributed by atoms with Crippen LogP contribution in [0.5, 0.6) is 0 Å². The van der Waals surface area contributed by atoms with E-state index >= 15 is 0 Å². The van der Waals surface area contributed by atoms with Crippen molar-refractivity contribution in [2.45, 2.75) is 113 Å². The summed E-state index contributed by atoms with van der Waals surface area (Å²) in [6.07, 6.45) is -1.53. The molecule has 5 N–H and O–H groups in total. The summed E-state index contributed by atoms with van der Waals surface area (Å²) in [5.74, 6) is 0.384. The van der Waals surface area contributed by atoms with Crippen LogP contribution in [-0.2, 0) is 23.7 Å². The van der Waals surface area contributed by atoms with Crippen molar-refractivity contribution < 1.29 is 47.7 Å². The molecule has 0 spiro atoms. The average molecular weight is 690 g/mol. The lowest BCUT2D eigenvalue weighted by molar-refractivity contribution is 0.00779. The summed E-state index contributed by atoms with van der Waals surface area (Å²) in [5.41, 5.74) is -0.258. The summed E-state index contributed by atoms with van der Waals surface area (Å²) in [4.78, 5) is 59.9.